The molecule has 0 aliphatic carbocycles. The van der Waals surface area contributed by atoms with E-state index >= 15 is 0 Å². The van der Waals surface area contributed by atoms with Gasteiger partial charge in [0.1, 0.15) is 0 Å². The Hall–Kier alpha value is -0.810. The maximum Gasteiger partial charge on any atom is 0.224 e. The first kappa shape index (κ1) is 23.2. The van der Waals surface area contributed by atoms with Crippen molar-refractivity contribution in [1.82, 2.24) is 10.2 Å². The van der Waals surface area contributed by atoms with Crippen molar-refractivity contribution in [2.75, 3.05) is 19.6 Å². The molecule has 6 heteroatoms. The molecule has 1 amide bonds. The van der Waals surface area contributed by atoms with E-state index in [2.05, 4.69) is 41.4 Å². The molecule has 1 aromatic carbocycles. The van der Waals surface area contributed by atoms with Crippen LogP contribution in [-0.4, -0.2) is 30.4 Å². The molecule has 2 atom stereocenters. The van der Waals surface area contributed by atoms with Crippen molar-refractivity contribution in [3.05, 3.63) is 35.4 Å². The molecule has 1 aliphatic rings. The number of halogens is 2. The Kier molecular flexibility index (Phi) is 11.3. The fraction of sp³-hybridized carbons (Fsp3) is 0.611. The van der Waals surface area contributed by atoms with E-state index < -0.39 is 0 Å². The summed E-state index contributed by atoms with van der Waals surface area (Å²) in [7, 11) is 0. The third-order valence-corrected chi connectivity index (χ3v) is 4.44. The first-order valence-corrected chi connectivity index (χ1v) is 8.36. The molecule has 1 aliphatic heterocycles. The zero-order valence-corrected chi connectivity index (χ0v) is 16.3. The van der Waals surface area contributed by atoms with E-state index in [0.717, 1.165) is 18.0 Å². The highest BCUT2D eigenvalue weighted by atomic mass is 35.5. The van der Waals surface area contributed by atoms with Crippen LogP contribution in [0.15, 0.2) is 24.3 Å². The number of nitrogens with two attached hydrogens (primary N) is 1. The quantitative estimate of drug-likeness (QED) is 0.803. The van der Waals surface area contributed by atoms with Crippen molar-refractivity contribution in [3.8, 4) is 0 Å². The van der Waals surface area contributed by atoms with Crippen molar-refractivity contribution in [2.45, 2.75) is 39.8 Å². The Labute approximate surface area is 158 Å². The molecule has 0 spiro atoms. The molecule has 0 aromatic heterocycles. The summed E-state index contributed by atoms with van der Waals surface area (Å²) in [5, 5.41) is 2.93. The van der Waals surface area contributed by atoms with Gasteiger partial charge in [-0.3, -0.25) is 9.69 Å². The summed E-state index contributed by atoms with van der Waals surface area (Å²) in [6.07, 6.45) is 2.67. The zero-order chi connectivity index (χ0) is 15.9. The Morgan fingerprint density at radius 2 is 1.92 bits per heavy atom. The van der Waals surface area contributed by atoms with Crippen LogP contribution in [0.5, 0.6) is 0 Å². The molecule has 138 valence electrons. The zero-order valence-electron chi connectivity index (χ0n) is 14.7. The lowest BCUT2D eigenvalue weighted by Gasteiger charge is -2.30. The second-order valence-electron chi connectivity index (χ2n) is 6.65. The van der Waals surface area contributed by atoms with Crippen LogP contribution >= 0.6 is 24.8 Å². The summed E-state index contributed by atoms with van der Waals surface area (Å²) in [5.74, 6) is 0.710. The predicted molar refractivity (Wildman–Crippen MR) is 105 cm³/mol. The molecule has 4 nitrogen and oxygen atoms in total. The number of rotatable bonds is 6. The normalized spacial score (nSPS) is 18.9. The molecular weight excluding hydrogens is 345 g/mol. The van der Waals surface area contributed by atoms with E-state index in [9.17, 15) is 4.79 Å². The average molecular weight is 376 g/mol. The van der Waals surface area contributed by atoms with E-state index in [1.807, 2.05) is 6.92 Å². The Balaban J connectivity index is 0.00000264. The van der Waals surface area contributed by atoms with Crippen LogP contribution in [0.3, 0.4) is 0 Å². The fourth-order valence-corrected chi connectivity index (χ4v) is 2.92. The Bertz CT molecular complexity index is 482. The van der Waals surface area contributed by atoms with Crippen molar-refractivity contribution < 1.29 is 4.79 Å². The number of likely N-dealkylation sites (tertiary alicyclic amines) is 1. The van der Waals surface area contributed by atoms with Crippen molar-refractivity contribution in [2.24, 2.45) is 17.6 Å². The Morgan fingerprint density at radius 3 is 2.50 bits per heavy atom. The standard InChI is InChI=1S/C18H29N3O.2ClH/c1-14-4-3-9-21(12-14)13-17-7-5-16(6-8-17)11-20-18(22)15(2)10-19;;/h5-8,14-15H,3-4,9-13,19H2,1-2H3,(H,20,22);2*1H. The minimum absolute atomic E-state index is 0. The summed E-state index contributed by atoms with van der Waals surface area (Å²) < 4.78 is 0. The van der Waals surface area contributed by atoms with Crippen LogP contribution in [0.4, 0.5) is 0 Å². The van der Waals surface area contributed by atoms with Crippen LogP contribution in [0.25, 0.3) is 0 Å². The highest BCUT2D eigenvalue weighted by molar-refractivity contribution is 5.85. The van der Waals surface area contributed by atoms with E-state index in [0.29, 0.717) is 13.1 Å². The summed E-state index contributed by atoms with van der Waals surface area (Å²) in [6, 6.07) is 8.56. The monoisotopic (exact) mass is 375 g/mol. The Morgan fingerprint density at radius 1 is 1.29 bits per heavy atom. The lowest BCUT2D eigenvalue weighted by atomic mass is 9.99. The topological polar surface area (TPSA) is 58.4 Å². The largest absolute Gasteiger partial charge is 0.352 e. The summed E-state index contributed by atoms with van der Waals surface area (Å²) in [4.78, 5) is 14.2. The maximum absolute atomic E-state index is 11.7. The molecule has 1 fully saturated rings. The van der Waals surface area contributed by atoms with Crippen molar-refractivity contribution >= 4 is 30.7 Å². The number of hydrogen-bond donors (Lipinski definition) is 2. The van der Waals surface area contributed by atoms with Gasteiger partial charge in [0.2, 0.25) is 5.91 Å². The average Bonchev–Trinajstić information content (AvgIpc) is 2.53. The fourth-order valence-electron chi connectivity index (χ4n) is 2.92. The van der Waals surface area contributed by atoms with E-state index in [1.165, 1.54) is 31.5 Å². The van der Waals surface area contributed by atoms with Gasteiger partial charge in [-0.15, -0.1) is 24.8 Å². The number of carbonyl (C=O) groups is 1. The van der Waals surface area contributed by atoms with Crippen LogP contribution in [0.2, 0.25) is 0 Å². The summed E-state index contributed by atoms with van der Waals surface area (Å²) in [5.41, 5.74) is 7.97. The molecule has 0 saturated carbocycles. The minimum Gasteiger partial charge on any atom is -0.352 e. The van der Waals surface area contributed by atoms with Gasteiger partial charge >= 0.3 is 0 Å². The molecule has 24 heavy (non-hydrogen) atoms. The smallest absolute Gasteiger partial charge is 0.224 e. The van der Waals surface area contributed by atoms with Gasteiger partial charge in [-0.25, -0.2) is 0 Å². The van der Waals surface area contributed by atoms with Gasteiger partial charge in [0, 0.05) is 32.1 Å². The van der Waals surface area contributed by atoms with E-state index in [1.54, 1.807) is 0 Å². The molecule has 2 rings (SSSR count). The van der Waals surface area contributed by atoms with E-state index in [-0.39, 0.29) is 36.6 Å². The molecule has 1 saturated heterocycles. The summed E-state index contributed by atoms with van der Waals surface area (Å²) >= 11 is 0. The molecular formula is C18H31Cl2N3O. The van der Waals surface area contributed by atoms with Gasteiger partial charge in [0.25, 0.3) is 0 Å². The number of nitrogens with zero attached hydrogens (tertiary/aromatic N) is 1. The van der Waals surface area contributed by atoms with Crippen molar-refractivity contribution in [3.63, 3.8) is 0 Å². The molecule has 1 aromatic rings. The predicted octanol–water partition coefficient (Wildman–Crippen LogP) is 2.97. The number of piperidine rings is 1. The number of hydrogen-bond acceptors (Lipinski definition) is 3. The van der Waals surface area contributed by atoms with Crippen LogP contribution in [-0.2, 0) is 17.9 Å². The van der Waals surface area contributed by atoms with Gasteiger partial charge in [0.15, 0.2) is 0 Å². The van der Waals surface area contributed by atoms with Gasteiger partial charge in [0.05, 0.1) is 0 Å². The number of benzene rings is 1. The maximum atomic E-state index is 11.7. The first-order valence-electron chi connectivity index (χ1n) is 8.36. The third-order valence-electron chi connectivity index (χ3n) is 4.44. The molecule has 3 N–H and O–H groups in total. The second kappa shape index (κ2) is 11.7. The van der Waals surface area contributed by atoms with Crippen LogP contribution in [0, 0.1) is 11.8 Å². The van der Waals surface area contributed by atoms with Gasteiger partial charge in [-0.2, -0.15) is 0 Å². The summed E-state index contributed by atoms with van der Waals surface area (Å²) in [6.45, 7) is 8.58. The lowest BCUT2D eigenvalue weighted by Crippen LogP contribution is -2.33. The van der Waals surface area contributed by atoms with Crippen LogP contribution in [0.1, 0.15) is 37.8 Å². The third kappa shape index (κ3) is 7.39. The minimum atomic E-state index is -0.125. The molecule has 0 bridgehead atoms. The number of nitrogens with one attached hydrogen (secondary N) is 1. The number of carbonyl (C=O) groups excluding carboxylic acids is 1. The molecule has 1 heterocycles. The highest BCUT2D eigenvalue weighted by Crippen LogP contribution is 2.18. The van der Waals surface area contributed by atoms with E-state index in [4.69, 9.17) is 5.73 Å². The van der Waals surface area contributed by atoms with Crippen LogP contribution < -0.4 is 11.1 Å². The molecule has 2 unspecified atom stereocenters. The highest BCUT2D eigenvalue weighted by Gasteiger charge is 2.16. The SMILES string of the molecule is CC1CCCN(Cc2ccc(CNC(=O)C(C)CN)cc2)C1.Cl.Cl. The van der Waals surface area contributed by atoms with Gasteiger partial charge < -0.3 is 11.1 Å². The molecule has 0 radical (unpaired) electrons. The van der Waals surface area contributed by atoms with Gasteiger partial charge in [-0.05, 0) is 36.4 Å². The first-order chi connectivity index (χ1) is 10.6. The lowest BCUT2D eigenvalue weighted by molar-refractivity contribution is -0.124. The second-order valence-corrected chi connectivity index (χ2v) is 6.65. The van der Waals surface area contributed by atoms with Gasteiger partial charge in [-0.1, -0.05) is 38.1 Å². The van der Waals surface area contributed by atoms with Crippen molar-refractivity contribution in [1.29, 1.82) is 0 Å². The number of amides is 1.